The van der Waals surface area contributed by atoms with E-state index < -0.39 is 5.82 Å². The topological polar surface area (TPSA) is 71.5 Å². The number of aromatic nitrogens is 1. The molecule has 1 aliphatic rings. The number of nitrogens with zero attached hydrogens (tertiary/aromatic N) is 2. The summed E-state index contributed by atoms with van der Waals surface area (Å²) < 4.78 is 19.5. The van der Waals surface area contributed by atoms with Crippen molar-refractivity contribution in [3.63, 3.8) is 0 Å². The zero-order valence-electron chi connectivity index (χ0n) is 14.9. The Kier molecular flexibility index (Phi) is 6.31. The van der Waals surface area contributed by atoms with Crippen LogP contribution in [0.4, 0.5) is 15.2 Å². The molecule has 1 N–H and O–H groups in total. The van der Waals surface area contributed by atoms with Crippen molar-refractivity contribution in [2.45, 2.75) is 25.9 Å². The number of amides is 2. The van der Waals surface area contributed by atoms with Gasteiger partial charge in [0, 0.05) is 31.5 Å². The van der Waals surface area contributed by atoms with Gasteiger partial charge in [0.05, 0.1) is 17.5 Å². The molecule has 8 heteroatoms. The average molecular weight is 389 g/mol. The maximum absolute atomic E-state index is 14.1. The van der Waals surface area contributed by atoms with Crippen molar-refractivity contribution < 1.29 is 18.7 Å². The number of carbonyl (C=O) groups excluding carboxylic acids is 2. The lowest BCUT2D eigenvalue weighted by atomic mass is 10.2. The molecule has 0 saturated carbocycles. The number of benzene rings is 1. The number of nitrogens with one attached hydrogen (secondary N) is 1. The van der Waals surface area contributed by atoms with Gasteiger partial charge in [0.15, 0.2) is 5.13 Å². The molecule has 0 aliphatic carbocycles. The van der Waals surface area contributed by atoms with Crippen LogP contribution < -0.4 is 10.2 Å². The molecule has 2 amide bonds. The Balaban J connectivity index is 1.66. The van der Waals surface area contributed by atoms with Gasteiger partial charge in [0.2, 0.25) is 11.8 Å². The Morgan fingerprint density at radius 3 is 2.96 bits per heavy atom. The van der Waals surface area contributed by atoms with E-state index in [4.69, 9.17) is 4.74 Å². The Bertz CT molecular complexity index is 846. The third-order valence-electron chi connectivity index (χ3n) is 4.04. The monoisotopic (exact) mass is 389 g/mol. The molecule has 2 aromatic rings. The molecule has 0 spiro atoms. The molecule has 1 unspecified atom stereocenters. The predicted molar refractivity (Wildman–Crippen MR) is 102 cm³/mol. The number of carbonyl (C=O) groups is 2. The van der Waals surface area contributed by atoms with Crippen molar-refractivity contribution in [3.05, 3.63) is 47.2 Å². The number of hydrogen-bond donors (Lipinski definition) is 1. The third-order valence-corrected chi connectivity index (χ3v) is 4.89. The Hall–Kier alpha value is -2.58. The van der Waals surface area contributed by atoms with Crippen molar-refractivity contribution in [1.29, 1.82) is 0 Å². The molecule has 0 bridgehead atoms. The van der Waals surface area contributed by atoms with E-state index in [0.717, 1.165) is 19.4 Å². The number of hydrogen-bond acceptors (Lipinski definition) is 5. The van der Waals surface area contributed by atoms with Crippen molar-refractivity contribution in [2.24, 2.45) is 0 Å². The lowest BCUT2D eigenvalue weighted by Gasteiger charge is -2.18. The summed E-state index contributed by atoms with van der Waals surface area (Å²) in [5.74, 6) is -1.09. The van der Waals surface area contributed by atoms with Gasteiger partial charge >= 0.3 is 0 Å². The minimum Gasteiger partial charge on any atom is -0.376 e. The molecule has 1 fully saturated rings. The molecule has 6 nitrogen and oxygen atoms in total. The summed E-state index contributed by atoms with van der Waals surface area (Å²) in [5.41, 5.74) is 0.661. The van der Waals surface area contributed by atoms with Gasteiger partial charge < -0.3 is 10.1 Å². The van der Waals surface area contributed by atoms with Crippen LogP contribution in [-0.2, 0) is 14.3 Å². The first-order valence-electron chi connectivity index (χ1n) is 8.63. The lowest BCUT2D eigenvalue weighted by Crippen LogP contribution is -2.30. The summed E-state index contributed by atoms with van der Waals surface area (Å²) in [7, 11) is 0. The number of thiazole rings is 1. The quantitative estimate of drug-likeness (QED) is 0.770. The summed E-state index contributed by atoms with van der Waals surface area (Å²) >= 11 is 1.20. The van der Waals surface area contributed by atoms with Crippen LogP contribution in [0.5, 0.6) is 0 Å². The van der Waals surface area contributed by atoms with Gasteiger partial charge in [0.1, 0.15) is 5.82 Å². The zero-order valence-corrected chi connectivity index (χ0v) is 15.7. The van der Waals surface area contributed by atoms with Crippen LogP contribution in [0, 0.1) is 5.82 Å². The van der Waals surface area contributed by atoms with E-state index in [0.29, 0.717) is 17.4 Å². The molecular weight excluding hydrogens is 369 g/mol. The van der Waals surface area contributed by atoms with Crippen LogP contribution in [0.2, 0.25) is 0 Å². The minimum atomic E-state index is -0.506. The molecule has 27 heavy (non-hydrogen) atoms. The van der Waals surface area contributed by atoms with E-state index in [-0.39, 0.29) is 23.6 Å². The number of para-hydroxylation sites is 1. The number of rotatable bonds is 6. The first-order chi connectivity index (χ1) is 13.0. The van der Waals surface area contributed by atoms with Crippen molar-refractivity contribution >= 4 is 40.0 Å². The molecule has 1 atom stereocenters. The first-order valence-corrected chi connectivity index (χ1v) is 9.51. The van der Waals surface area contributed by atoms with E-state index in [9.17, 15) is 14.0 Å². The molecule has 1 aromatic carbocycles. The van der Waals surface area contributed by atoms with Crippen LogP contribution in [0.25, 0.3) is 6.08 Å². The number of ether oxygens (including phenoxy) is 1. The Morgan fingerprint density at radius 2 is 2.26 bits per heavy atom. The highest BCUT2D eigenvalue weighted by Gasteiger charge is 2.20. The Labute approximate surface area is 160 Å². The second kappa shape index (κ2) is 8.88. The zero-order chi connectivity index (χ0) is 19.2. The second-order valence-electron chi connectivity index (χ2n) is 6.07. The molecule has 1 aliphatic heterocycles. The van der Waals surface area contributed by atoms with Gasteiger partial charge in [0.25, 0.3) is 0 Å². The Morgan fingerprint density at radius 1 is 1.44 bits per heavy atom. The second-order valence-corrected chi connectivity index (χ2v) is 6.91. The van der Waals surface area contributed by atoms with Crippen LogP contribution >= 0.6 is 11.3 Å². The van der Waals surface area contributed by atoms with Gasteiger partial charge in [-0.05, 0) is 31.1 Å². The standard InChI is InChI=1S/C19H20FN3O3S/c1-13(24)23(17-7-3-2-6-16(17)20)19-22-14(12-27-19)8-9-18(25)21-11-15-5-4-10-26-15/h2-3,6-9,12,15H,4-5,10-11H2,1H3,(H,21,25)/b9-8+. The third kappa shape index (κ3) is 4.99. The van der Waals surface area contributed by atoms with Gasteiger partial charge in [-0.25, -0.2) is 9.37 Å². The normalized spacial score (nSPS) is 16.6. The summed E-state index contributed by atoms with van der Waals surface area (Å²) in [6.07, 6.45) is 5.00. The molecule has 3 rings (SSSR count). The fraction of sp³-hybridized carbons (Fsp3) is 0.316. The van der Waals surface area contributed by atoms with Crippen LogP contribution in [0.3, 0.4) is 0 Å². The molecule has 0 radical (unpaired) electrons. The number of anilines is 2. The van der Waals surface area contributed by atoms with E-state index in [2.05, 4.69) is 10.3 Å². The molecule has 142 valence electrons. The summed E-state index contributed by atoms with van der Waals surface area (Å²) in [6.45, 7) is 2.57. The van der Waals surface area contributed by atoms with Gasteiger partial charge in [-0.2, -0.15) is 0 Å². The number of halogens is 1. The SMILES string of the molecule is CC(=O)N(c1nc(/C=C/C(=O)NCC2CCCO2)cs1)c1ccccc1F. The van der Waals surface area contributed by atoms with Crippen LogP contribution in [0.1, 0.15) is 25.5 Å². The van der Waals surface area contributed by atoms with Gasteiger partial charge in [-0.3, -0.25) is 14.5 Å². The summed E-state index contributed by atoms with van der Waals surface area (Å²) in [6, 6.07) is 6.02. The van der Waals surface area contributed by atoms with E-state index in [1.807, 2.05) is 0 Å². The molecular formula is C19H20FN3O3S. The van der Waals surface area contributed by atoms with Crippen molar-refractivity contribution in [1.82, 2.24) is 10.3 Å². The fourth-order valence-corrected chi connectivity index (χ4v) is 3.58. The molecule has 1 saturated heterocycles. The molecule has 1 aromatic heterocycles. The maximum Gasteiger partial charge on any atom is 0.244 e. The van der Waals surface area contributed by atoms with E-state index >= 15 is 0 Å². The largest absolute Gasteiger partial charge is 0.376 e. The van der Waals surface area contributed by atoms with Gasteiger partial charge in [-0.1, -0.05) is 12.1 Å². The maximum atomic E-state index is 14.1. The van der Waals surface area contributed by atoms with Crippen molar-refractivity contribution in [3.8, 4) is 0 Å². The average Bonchev–Trinajstić information content (AvgIpc) is 3.32. The fourth-order valence-electron chi connectivity index (χ4n) is 2.74. The predicted octanol–water partition coefficient (Wildman–Crippen LogP) is 3.28. The highest BCUT2D eigenvalue weighted by atomic mass is 32.1. The summed E-state index contributed by atoms with van der Waals surface area (Å²) in [5, 5.41) is 4.83. The first kappa shape index (κ1) is 19.2. The smallest absolute Gasteiger partial charge is 0.244 e. The highest BCUT2D eigenvalue weighted by Crippen LogP contribution is 2.30. The van der Waals surface area contributed by atoms with Crippen molar-refractivity contribution in [2.75, 3.05) is 18.1 Å². The van der Waals surface area contributed by atoms with E-state index in [1.165, 1.54) is 41.4 Å². The molecule has 2 heterocycles. The van der Waals surface area contributed by atoms with Crippen LogP contribution in [0.15, 0.2) is 35.7 Å². The lowest BCUT2D eigenvalue weighted by molar-refractivity contribution is -0.117. The summed E-state index contributed by atoms with van der Waals surface area (Å²) in [4.78, 5) is 29.5. The van der Waals surface area contributed by atoms with Crippen LogP contribution in [-0.4, -0.2) is 36.1 Å². The van der Waals surface area contributed by atoms with E-state index in [1.54, 1.807) is 23.6 Å². The van der Waals surface area contributed by atoms with Gasteiger partial charge in [-0.15, -0.1) is 11.3 Å². The minimum absolute atomic E-state index is 0.0816. The highest BCUT2D eigenvalue weighted by molar-refractivity contribution is 7.14.